The molecule has 0 aromatic heterocycles. The second-order valence-corrected chi connectivity index (χ2v) is 15.6. The number of hydrogen-bond donors (Lipinski definition) is 3. The number of ether oxygens (including phenoxy) is 2. The Labute approximate surface area is 280 Å². The molecule has 3 N–H and O–H groups in total. The number of Topliss-reactive ketones (excluding diaryl/α,β-unsaturated/α-hetero) is 1. The molecule has 0 saturated heterocycles. The summed E-state index contributed by atoms with van der Waals surface area (Å²) in [5.74, 6) is -2.00. The fourth-order valence-electron chi connectivity index (χ4n) is 8.93. The molecule has 3 saturated carbocycles. The van der Waals surface area contributed by atoms with E-state index in [9.17, 15) is 29.7 Å². The molecule has 4 aliphatic rings. The minimum Gasteiger partial charge on any atom is -0.459 e. The number of ketones is 1. The molecule has 1 unspecified atom stereocenters. The van der Waals surface area contributed by atoms with Gasteiger partial charge in [-0.3, -0.25) is 4.79 Å². The van der Waals surface area contributed by atoms with E-state index >= 15 is 0 Å². The molecular formula is C37H47BrO8. The van der Waals surface area contributed by atoms with Crippen molar-refractivity contribution in [1.29, 1.82) is 0 Å². The van der Waals surface area contributed by atoms with Crippen molar-refractivity contribution in [2.24, 2.45) is 22.7 Å². The Morgan fingerprint density at radius 2 is 1.65 bits per heavy atom. The van der Waals surface area contributed by atoms with Crippen LogP contribution in [0.5, 0.6) is 0 Å². The molecule has 8 atom stereocenters. The maximum atomic E-state index is 13.3. The number of carbonyl (C=O) groups excluding carboxylic acids is 3. The summed E-state index contributed by atoms with van der Waals surface area (Å²) >= 11 is 3.40. The molecule has 250 valence electrons. The van der Waals surface area contributed by atoms with Crippen LogP contribution in [0.4, 0.5) is 0 Å². The number of benzene rings is 1. The van der Waals surface area contributed by atoms with E-state index in [-0.39, 0.29) is 37.7 Å². The van der Waals surface area contributed by atoms with E-state index in [0.29, 0.717) is 19.3 Å². The highest BCUT2D eigenvalue weighted by molar-refractivity contribution is 9.10. The predicted octanol–water partition coefficient (Wildman–Crippen LogP) is 6.01. The second kappa shape index (κ2) is 12.1. The topological polar surface area (TPSA) is 130 Å². The smallest absolute Gasteiger partial charge is 0.331 e. The van der Waals surface area contributed by atoms with Gasteiger partial charge in [-0.25, -0.2) is 9.59 Å². The van der Waals surface area contributed by atoms with E-state index in [1.165, 1.54) is 19.1 Å². The summed E-state index contributed by atoms with van der Waals surface area (Å²) in [6.07, 6.45) is 6.88. The molecule has 5 rings (SSSR count). The van der Waals surface area contributed by atoms with Gasteiger partial charge >= 0.3 is 11.9 Å². The van der Waals surface area contributed by atoms with Crippen LogP contribution in [-0.4, -0.2) is 62.1 Å². The van der Waals surface area contributed by atoms with Crippen LogP contribution in [0, 0.1) is 22.7 Å². The molecule has 8 nitrogen and oxygen atoms in total. The first-order valence-corrected chi connectivity index (χ1v) is 17.1. The van der Waals surface area contributed by atoms with Crippen LogP contribution in [0.1, 0.15) is 92.1 Å². The van der Waals surface area contributed by atoms with Gasteiger partial charge in [-0.05, 0) is 94.4 Å². The molecule has 4 aliphatic carbocycles. The number of allylic oxidation sites excluding steroid dienone is 1. The van der Waals surface area contributed by atoms with Crippen LogP contribution in [0.15, 0.2) is 58.1 Å². The van der Waals surface area contributed by atoms with Crippen molar-refractivity contribution < 1.29 is 39.2 Å². The zero-order chi connectivity index (χ0) is 33.9. The second-order valence-electron chi connectivity index (χ2n) is 14.7. The van der Waals surface area contributed by atoms with E-state index in [4.69, 9.17) is 9.47 Å². The van der Waals surface area contributed by atoms with Gasteiger partial charge in [0.05, 0.1) is 5.41 Å². The molecule has 0 spiro atoms. The van der Waals surface area contributed by atoms with Crippen LogP contribution in [0.2, 0.25) is 0 Å². The van der Waals surface area contributed by atoms with E-state index in [2.05, 4.69) is 22.9 Å². The third kappa shape index (κ3) is 5.35. The molecule has 1 aromatic rings. The Morgan fingerprint density at radius 3 is 2.28 bits per heavy atom. The third-order valence-corrected chi connectivity index (χ3v) is 12.7. The van der Waals surface area contributed by atoms with Gasteiger partial charge in [-0.15, -0.1) is 0 Å². The molecule has 1 aromatic carbocycles. The summed E-state index contributed by atoms with van der Waals surface area (Å²) in [6.45, 7) is 10.7. The minimum atomic E-state index is -2.00. The van der Waals surface area contributed by atoms with Crippen molar-refractivity contribution in [2.45, 2.75) is 115 Å². The van der Waals surface area contributed by atoms with Gasteiger partial charge in [0.25, 0.3) is 0 Å². The highest BCUT2D eigenvalue weighted by atomic mass is 79.9. The number of aliphatic hydroxyl groups is 3. The monoisotopic (exact) mass is 698 g/mol. The first kappa shape index (κ1) is 34.7. The fraction of sp³-hybridized carbons (Fsp3) is 0.595. The minimum absolute atomic E-state index is 0.0221. The average molecular weight is 700 g/mol. The lowest BCUT2D eigenvalue weighted by Crippen LogP contribution is -2.78. The van der Waals surface area contributed by atoms with Gasteiger partial charge in [0.15, 0.2) is 5.78 Å². The summed E-state index contributed by atoms with van der Waals surface area (Å²) in [5, 5.41) is 37.1. The zero-order valence-corrected chi connectivity index (χ0v) is 29.2. The maximum Gasteiger partial charge on any atom is 0.331 e. The normalized spacial score (nSPS) is 38.9. The van der Waals surface area contributed by atoms with E-state index in [1.807, 2.05) is 51.1 Å². The average Bonchev–Trinajstić information content (AvgIpc) is 3.22. The van der Waals surface area contributed by atoms with Gasteiger partial charge in [-0.1, -0.05) is 66.1 Å². The summed E-state index contributed by atoms with van der Waals surface area (Å²) < 4.78 is 12.9. The lowest BCUT2D eigenvalue weighted by Gasteiger charge is -2.67. The molecule has 0 radical (unpaired) electrons. The van der Waals surface area contributed by atoms with Crippen LogP contribution in [0.3, 0.4) is 0 Å². The van der Waals surface area contributed by atoms with Crippen LogP contribution in [0.25, 0.3) is 6.08 Å². The van der Waals surface area contributed by atoms with E-state index < -0.39 is 57.4 Å². The quantitative estimate of drug-likeness (QED) is 0.179. The highest BCUT2D eigenvalue weighted by Gasteiger charge is 2.81. The fourth-order valence-corrected chi connectivity index (χ4v) is 9.19. The lowest BCUT2D eigenvalue weighted by molar-refractivity contribution is -0.314. The molecule has 0 aliphatic heterocycles. The molecule has 9 heteroatoms. The zero-order valence-electron chi connectivity index (χ0n) is 27.6. The molecule has 46 heavy (non-hydrogen) atoms. The molecule has 0 heterocycles. The van der Waals surface area contributed by atoms with Crippen molar-refractivity contribution in [2.75, 3.05) is 0 Å². The largest absolute Gasteiger partial charge is 0.459 e. The number of rotatable bonds is 7. The summed E-state index contributed by atoms with van der Waals surface area (Å²) in [4.78, 5) is 39.0. The number of halogens is 1. The standard InChI is InChI=1S/C37H47BrO8/c1-22(2)23(3)19-32(41)46-30-21-29-33(5)15-14-28(45-31(40)12-9-25-7-10-27(38)11-8-25)20-26(33)13-16-36(29,43)37(44)18-17-35(42,24(4)39)34(30,37)6/h7-13,19,22,28-30,42-44H,14-18,20-21H2,1-6H3/b12-9+,23-19+/t28-,29?,30+,33-,34+,35+,36-,37+/m0/s1. The van der Waals surface area contributed by atoms with Crippen molar-refractivity contribution >= 4 is 39.7 Å². The van der Waals surface area contributed by atoms with Gasteiger partial charge < -0.3 is 24.8 Å². The predicted molar refractivity (Wildman–Crippen MR) is 177 cm³/mol. The third-order valence-electron chi connectivity index (χ3n) is 12.2. The Balaban J connectivity index is 1.44. The van der Waals surface area contributed by atoms with E-state index in [1.54, 1.807) is 13.0 Å². The van der Waals surface area contributed by atoms with Gasteiger partial charge in [0.2, 0.25) is 0 Å². The van der Waals surface area contributed by atoms with Crippen LogP contribution in [-0.2, 0) is 23.9 Å². The molecular weight excluding hydrogens is 652 g/mol. The Kier molecular flexibility index (Phi) is 9.16. The van der Waals surface area contributed by atoms with Crippen molar-refractivity contribution in [3.05, 3.63) is 63.7 Å². The van der Waals surface area contributed by atoms with Gasteiger partial charge in [0.1, 0.15) is 29.0 Å². The number of hydrogen-bond acceptors (Lipinski definition) is 8. The van der Waals surface area contributed by atoms with Gasteiger partial charge in [-0.2, -0.15) is 0 Å². The lowest BCUT2D eigenvalue weighted by atomic mass is 9.42. The Bertz CT molecular complexity index is 1490. The van der Waals surface area contributed by atoms with Crippen molar-refractivity contribution in [1.82, 2.24) is 0 Å². The van der Waals surface area contributed by atoms with Crippen LogP contribution >= 0.6 is 15.9 Å². The molecule has 0 amide bonds. The van der Waals surface area contributed by atoms with Gasteiger partial charge in [0, 0.05) is 29.0 Å². The van der Waals surface area contributed by atoms with Crippen molar-refractivity contribution in [3.8, 4) is 0 Å². The summed E-state index contributed by atoms with van der Waals surface area (Å²) in [6, 6.07) is 7.58. The Hall–Kier alpha value is -2.59. The summed E-state index contributed by atoms with van der Waals surface area (Å²) in [7, 11) is 0. The van der Waals surface area contributed by atoms with E-state index in [0.717, 1.165) is 21.2 Å². The SMILES string of the molecule is CC(=O)[C@]1(O)CC[C@@]2(O)[C@]1(C)[C@H](OC(=O)/C=C(\C)C(C)C)CC1[C@@]3(C)CC[C@H](OC(=O)/C=C/c4ccc(Br)cc4)CC3=CC[C@]12O. The Morgan fingerprint density at radius 1 is 0.978 bits per heavy atom. The number of carbonyl (C=O) groups is 3. The van der Waals surface area contributed by atoms with Crippen LogP contribution < -0.4 is 0 Å². The number of fused-ring (bicyclic) bond motifs is 5. The first-order chi connectivity index (χ1) is 21.4. The first-order valence-electron chi connectivity index (χ1n) is 16.3. The highest BCUT2D eigenvalue weighted by Crippen LogP contribution is 2.71. The molecule has 3 fully saturated rings. The van der Waals surface area contributed by atoms with Crippen molar-refractivity contribution in [3.63, 3.8) is 0 Å². The number of esters is 2. The maximum absolute atomic E-state index is 13.3. The molecule has 0 bridgehead atoms. The summed E-state index contributed by atoms with van der Waals surface area (Å²) in [5.41, 5.74) is -5.14.